The highest BCUT2D eigenvalue weighted by Gasteiger charge is 1.90. The third kappa shape index (κ3) is 12.5. The lowest BCUT2D eigenvalue weighted by Crippen LogP contribution is -1.78. The van der Waals surface area contributed by atoms with E-state index in [4.69, 9.17) is 30.0 Å². The summed E-state index contributed by atoms with van der Waals surface area (Å²) in [7, 11) is 0. The Labute approximate surface area is 140 Å². The van der Waals surface area contributed by atoms with Crippen molar-refractivity contribution in [3.63, 3.8) is 0 Å². The van der Waals surface area contributed by atoms with Crippen molar-refractivity contribution in [2.24, 2.45) is 0 Å². The summed E-state index contributed by atoms with van der Waals surface area (Å²) in [5.41, 5.74) is 2.04. The van der Waals surface area contributed by atoms with Crippen molar-refractivity contribution in [2.75, 3.05) is 0 Å². The van der Waals surface area contributed by atoms with Crippen LogP contribution in [0.1, 0.15) is 25.0 Å². The Morgan fingerprint density at radius 1 is 0.667 bits per heavy atom. The Hall–Kier alpha value is -3.28. The van der Waals surface area contributed by atoms with Gasteiger partial charge in [-0.1, -0.05) is 36.4 Å². The van der Waals surface area contributed by atoms with Gasteiger partial charge in [0, 0.05) is 13.8 Å². The van der Waals surface area contributed by atoms with Crippen LogP contribution in [0, 0.1) is 0 Å². The van der Waals surface area contributed by atoms with Gasteiger partial charge in [0.25, 0.3) is 11.9 Å². The minimum atomic E-state index is -0.833. The number of benzene rings is 2. The number of aliphatic carboxylic acids is 2. The fourth-order valence-electron chi connectivity index (χ4n) is 1.36. The minimum Gasteiger partial charge on any atom is -0.508 e. The zero-order valence-electron chi connectivity index (χ0n) is 13.4. The topological polar surface area (TPSA) is 115 Å². The van der Waals surface area contributed by atoms with E-state index in [1.54, 1.807) is 24.3 Å². The van der Waals surface area contributed by atoms with Crippen molar-refractivity contribution in [3.05, 3.63) is 59.7 Å². The Kier molecular flexibility index (Phi) is 9.76. The summed E-state index contributed by atoms with van der Waals surface area (Å²) in [6.07, 6.45) is 3.90. The highest BCUT2D eigenvalue weighted by Crippen LogP contribution is 2.14. The zero-order valence-corrected chi connectivity index (χ0v) is 13.4. The molecule has 6 nitrogen and oxygen atoms in total. The van der Waals surface area contributed by atoms with Crippen molar-refractivity contribution in [2.45, 2.75) is 13.8 Å². The Morgan fingerprint density at radius 2 is 0.875 bits per heavy atom. The van der Waals surface area contributed by atoms with Gasteiger partial charge in [0.05, 0.1) is 0 Å². The van der Waals surface area contributed by atoms with Crippen LogP contribution in [0.4, 0.5) is 0 Å². The van der Waals surface area contributed by atoms with Crippen LogP contribution in [0.2, 0.25) is 0 Å². The highest BCUT2D eigenvalue weighted by atomic mass is 16.4. The molecule has 0 aromatic heterocycles. The van der Waals surface area contributed by atoms with Gasteiger partial charge in [-0.3, -0.25) is 9.59 Å². The van der Waals surface area contributed by atoms with Crippen LogP contribution in [0.3, 0.4) is 0 Å². The predicted octanol–water partition coefficient (Wildman–Crippen LogP) is 3.45. The Morgan fingerprint density at radius 3 is 1.08 bits per heavy atom. The number of carboxylic acid groups (broad SMARTS) is 2. The highest BCUT2D eigenvalue weighted by molar-refractivity contribution is 5.70. The molecule has 24 heavy (non-hydrogen) atoms. The molecule has 0 saturated heterocycles. The summed E-state index contributed by atoms with van der Waals surface area (Å²) in [4.78, 5) is 18.0. The molecule has 0 aliphatic carbocycles. The molecule has 2 aromatic rings. The monoisotopic (exact) mass is 332 g/mol. The summed E-state index contributed by atoms with van der Waals surface area (Å²) in [6.45, 7) is 2.17. The van der Waals surface area contributed by atoms with E-state index >= 15 is 0 Å². The number of carbonyl (C=O) groups is 2. The normalized spacial score (nSPS) is 9.25. The van der Waals surface area contributed by atoms with Crippen LogP contribution in [0.5, 0.6) is 11.5 Å². The van der Waals surface area contributed by atoms with Crippen LogP contribution in [0.25, 0.3) is 12.2 Å². The third-order valence-electron chi connectivity index (χ3n) is 2.25. The Balaban J connectivity index is 0.000000558. The van der Waals surface area contributed by atoms with Gasteiger partial charge in [-0.2, -0.15) is 0 Å². The molecule has 0 fully saturated rings. The molecule has 0 heterocycles. The summed E-state index contributed by atoms with van der Waals surface area (Å²) < 4.78 is 0. The molecule has 2 rings (SSSR count). The molecule has 2 aromatic carbocycles. The number of phenols is 2. The quantitative estimate of drug-likeness (QED) is 0.626. The first kappa shape index (κ1) is 20.7. The second-order valence-corrected chi connectivity index (χ2v) is 4.55. The van der Waals surface area contributed by atoms with Crippen molar-refractivity contribution in [1.82, 2.24) is 0 Å². The first-order valence-corrected chi connectivity index (χ1v) is 6.86. The maximum Gasteiger partial charge on any atom is 0.300 e. The van der Waals surface area contributed by atoms with E-state index < -0.39 is 11.9 Å². The number of carboxylic acids is 2. The largest absolute Gasteiger partial charge is 0.508 e. The third-order valence-corrected chi connectivity index (χ3v) is 2.25. The molecule has 0 bridgehead atoms. The van der Waals surface area contributed by atoms with Crippen LogP contribution in [-0.2, 0) is 9.59 Å². The van der Waals surface area contributed by atoms with Gasteiger partial charge < -0.3 is 20.4 Å². The van der Waals surface area contributed by atoms with Crippen molar-refractivity contribution < 1.29 is 30.0 Å². The second kappa shape index (κ2) is 11.3. The van der Waals surface area contributed by atoms with Gasteiger partial charge in [0.2, 0.25) is 0 Å². The average molecular weight is 332 g/mol. The van der Waals surface area contributed by atoms with E-state index in [2.05, 4.69) is 0 Å². The fraction of sp³-hybridized carbons (Fsp3) is 0.111. The molecule has 128 valence electrons. The van der Waals surface area contributed by atoms with Gasteiger partial charge in [-0.15, -0.1) is 0 Å². The van der Waals surface area contributed by atoms with Crippen LogP contribution in [0.15, 0.2) is 48.5 Å². The predicted molar refractivity (Wildman–Crippen MR) is 91.8 cm³/mol. The van der Waals surface area contributed by atoms with Crippen molar-refractivity contribution in [1.29, 1.82) is 0 Å². The molecule has 0 radical (unpaired) electrons. The van der Waals surface area contributed by atoms with Gasteiger partial charge in [-0.05, 0) is 35.4 Å². The minimum absolute atomic E-state index is 0.266. The van der Waals surface area contributed by atoms with Gasteiger partial charge >= 0.3 is 0 Å². The summed E-state index contributed by atoms with van der Waals surface area (Å²) in [6, 6.07) is 14.0. The maximum atomic E-state index is 9.12. The summed E-state index contributed by atoms with van der Waals surface area (Å²) in [5.74, 6) is -1.14. The lowest BCUT2D eigenvalue weighted by molar-refractivity contribution is -0.135. The summed E-state index contributed by atoms with van der Waals surface area (Å²) >= 11 is 0. The number of phenolic OH excluding ortho intramolecular Hbond substituents is 2. The van der Waals surface area contributed by atoms with Crippen LogP contribution in [-0.4, -0.2) is 32.4 Å². The number of rotatable bonds is 2. The van der Waals surface area contributed by atoms with Gasteiger partial charge in [0.1, 0.15) is 11.5 Å². The first-order chi connectivity index (χ1) is 11.2. The van der Waals surface area contributed by atoms with Crippen molar-refractivity contribution >= 4 is 24.1 Å². The summed E-state index contributed by atoms with van der Waals surface area (Å²) in [5, 5.41) is 33.1. The van der Waals surface area contributed by atoms with Crippen molar-refractivity contribution in [3.8, 4) is 11.5 Å². The molecule has 0 aliphatic heterocycles. The molecular weight excluding hydrogens is 312 g/mol. The smallest absolute Gasteiger partial charge is 0.300 e. The molecule has 0 spiro atoms. The zero-order chi connectivity index (χ0) is 18.5. The van der Waals surface area contributed by atoms with Crippen LogP contribution < -0.4 is 0 Å². The SMILES string of the molecule is CC(=O)O.CC(=O)O.Oc1ccc(C=Cc2ccc(O)cc2)cc1. The maximum absolute atomic E-state index is 9.12. The number of hydrogen-bond donors (Lipinski definition) is 4. The molecule has 0 aliphatic rings. The van der Waals surface area contributed by atoms with Gasteiger partial charge in [-0.25, -0.2) is 0 Å². The second-order valence-electron chi connectivity index (χ2n) is 4.55. The van der Waals surface area contributed by atoms with Gasteiger partial charge in [0.15, 0.2) is 0 Å². The first-order valence-electron chi connectivity index (χ1n) is 6.86. The van der Waals surface area contributed by atoms with E-state index in [9.17, 15) is 0 Å². The van der Waals surface area contributed by atoms with E-state index in [0.29, 0.717) is 0 Å². The molecule has 0 unspecified atom stereocenters. The van der Waals surface area contributed by atoms with E-state index in [-0.39, 0.29) is 11.5 Å². The van der Waals surface area contributed by atoms with E-state index in [1.165, 1.54) is 0 Å². The number of hydrogen-bond acceptors (Lipinski definition) is 4. The molecule has 4 N–H and O–H groups in total. The molecule has 6 heteroatoms. The lowest BCUT2D eigenvalue weighted by Gasteiger charge is -1.96. The molecule has 0 atom stereocenters. The number of aromatic hydroxyl groups is 2. The lowest BCUT2D eigenvalue weighted by atomic mass is 10.1. The van der Waals surface area contributed by atoms with E-state index in [0.717, 1.165) is 25.0 Å². The molecule has 0 amide bonds. The molecule has 0 saturated carbocycles. The standard InChI is InChI=1S/C14H12O2.2C2H4O2/c15-13-7-3-11(4-8-13)1-2-12-5-9-14(16)10-6-12;2*1-2(3)4/h1-10,15-16H;2*1H3,(H,3,4). The van der Waals surface area contributed by atoms with E-state index in [1.807, 2.05) is 36.4 Å². The van der Waals surface area contributed by atoms with Crippen LogP contribution >= 0.6 is 0 Å². The molecular formula is C18H20O6. The Bertz CT molecular complexity index is 589. The average Bonchev–Trinajstić information content (AvgIpc) is 2.47. The fourth-order valence-corrected chi connectivity index (χ4v) is 1.36.